The maximum Gasteiger partial charge on any atom is 0.0807 e. The zero-order valence-corrected chi connectivity index (χ0v) is 8.94. The Bertz CT molecular complexity index is 234. The van der Waals surface area contributed by atoms with Gasteiger partial charge in [-0.15, -0.1) is 0 Å². The highest BCUT2D eigenvalue weighted by Crippen LogP contribution is 1.91. The third-order valence-electron chi connectivity index (χ3n) is 1.33. The fourth-order valence-electron chi connectivity index (χ4n) is 0.761. The van der Waals surface area contributed by atoms with Crippen LogP contribution in [0.5, 0.6) is 0 Å². The molecule has 0 aliphatic rings. The zero-order chi connectivity index (χ0) is 8.65. The number of aromatic nitrogens is 1. The van der Waals surface area contributed by atoms with Crippen LogP contribution in [0.25, 0.3) is 0 Å². The lowest BCUT2D eigenvalue weighted by molar-refractivity contribution is 0.959. The summed E-state index contributed by atoms with van der Waals surface area (Å²) in [6.45, 7) is 0.902. The average molecular weight is 274 g/mol. The number of hydrogen-bond donors (Lipinski definition) is 0. The van der Waals surface area contributed by atoms with Crippen LogP contribution >= 0.6 is 22.6 Å². The topological polar surface area (TPSA) is 25.2 Å². The summed E-state index contributed by atoms with van der Waals surface area (Å²) in [5.41, 5.74) is 0.936. The molecule has 0 aromatic carbocycles. The van der Waals surface area contributed by atoms with E-state index in [0.29, 0.717) is 0 Å². The van der Waals surface area contributed by atoms with Gasteiger partial charge in [0.25, 0.3) is 0 Å². The van der Waals surface area contributed by atoms with Crippen molar-refractivity contribution in [2.45, 2.75) is 6.42 Å². The van der Waals surface area contributed by atoms with Crippen LogP contribution in [-0.2, 0) is 0 Å². The van der Waals surface area contributed by atoms with Gasteiger partial charge in [0.1, 0.15) is 0 Å². The molecule has 0 amide bonds. The van der Waals surface area contributed by atoms with Gasteiger partial charge in [0, 0.05) is 23.4 Å². The molecule has 0 N–H and O–H groups in total. The molecule has 0 fully saturated rings. The lowest BCUT2D eigenvalue weighted by Crippen LogP contribution is -1.87. The lowest BCUT2D eigenvalue weighted by Gasteiger charge is -1.90. The SMILES string of the molecule is ICCCN=Cc1ccccn1. The van der Waals surface area contributed by atoms with Crippen LogP contribution in [0.4, 0.5) is 0 Å². The van der Waals surface area contributed by atoms with Gasteiger partial charge in [0.05, 0.1) is 5.69 Å². The third-order valence-corrected chi connectivity index (χ3v) is 2.09. The minimum Gasteiger partial charge on any atom is -0.291 e. The van der Waals surface area contributed by atoms with E-state index in [-0.39, 0.29) is 0 Å². The summed E-state index contributed by atoms with van der Waals surface area (Å²) in [7, 11) is 0. The van der Waals surface area contributed by atoms with Crippen LogP contribution in [0.15, 0.2) is 29.4 Å². The van der Waals surface area contributed by atoms with Crippen molar-refractivity contribution in [1.29, 1.82) is 0 Å². The van der Waals surface area contributed by atoms with E-state index in [0.717, 1.165) is 23.1 Å². The Morgan fingerprint density at radius 2 is 2.42 bits per heavy atom. The van der Waals surface area contributed by atoms with Gasteiger partial charge in [-0.25, -0.2) is 0 Å². The summed E-state index contributed by atoms with van der Waals surface area (Å²) >= 11 is 2.35. The number of pyridine rings is 1. The van der Waals surface area contributed by atoms with Crippen LogP contribution < -0.4 is 0 Å². The van der Waals surface area contributed by atoms with Crippen LogP contribution in [0.1, 0.15) is 12.1 Å². The maximum absolute atomic E-state index is 4.24. The molecule has 1 rings (SSSR count). The van der Waals surface area contributed by atoms with E-state index in [1.807, 2.05) is 24.4 Å². The summed E-state index contributed by atoms with van der Waals surface area (Å²) < 4.78 is 1.16. The van der Waals surface area contributed by atoms with Gasteiger partial charge in [-0.2, -0.15) is 0 Å². The van der Waals surface area contributed by atoms with Gasteiger partial charge >= 0.3 is 0 Å². The van der Waals surface area contributed by atoms with E-state index in [1.165, 1.54) is 0 Å². The molecule has 1 aromatic heterocycles. The van der Waals surface area contributed by atoms with E-state index in [4.69, 9.17) is 0 Å². The molecule has 1 aromatic rings. The predicted octanol–water partition coefficient (Wildman–Crippen LogP) is 2.33. The number of hydrogen-bond acceptors (Lipinski definition) is 2. The number of halogens is 1. The molecule has 0 saturated carbocycles. The van der Waals surface area contributed by atoms with Crippen molar-refractivity contribution < 1.29 is 0 Å². The normalized spacial score (nSPS) is 10.8. The second-order valence-electron chi connectivity index (χ2n) is 2.33. The first kappa shape index (κ1) is 9.64. The molecular formula is C9H11IN2. The Hall–Kier alpha value is -0.450. The van der Waals surface area contributed by atoms with Gasteiger partial charge in [-0.1, -0.05) is 28.7 Å². The van der Waals surface area contributed by atoms with Crippen molar-refractivity contribution in [3.05, 3.63) is 30.1 Å². The Labute approximate surface area is 86.3 Å². The molecule has 64 valence electrons. The molecule has 12 heavy (non-hydrogen) atoms. The van der Waals surface area contributed by atoms with Crippen molar-refractivity contribution in [3.63, 3.8) is 0 Å². The predicted molar refractivity (Wildman–Crippen MR) is 60.2 cm³/mol. The fourth-order valence-corrected chi connectivity index (χ4v) is 1.10. The first-order valence-electron chi connectivity index (χ1n) is 3.90. The summed E-state index contributed by atoms with van der Waals surface area (Å²) in [6.07, 6.45) is 4.75. The number of nitrogens with zero attached hydrogens (tertiary/aromatic N) is 2. The van der Waals surface area contributed by atoms with Crippen LogP contribution in [0.2, 0.25) is 0 Å². The molecule has 3 heteroatoms. The van der Waals surface area contributed by atoms with Gasteiger partial charge < -0.3 is 0 Å². The minimum atomic E-state index is 0.902. The second-order valence-corrected chi connectivity index (χ2v) is 3.41. The van der Waals surface area contributed by atoms with Crippen LogP contribution in [-0.4, -0.2) is 22.2 Å². The van der Waals surface area contributed by atoms with Gasteiger partial charge in [0.2, 0.25) is 0 Å². The molecule has 0 saturated heterocycles. The highest BCUT2D eigenvalue weighted by atomic mass is 127. The number of rotatable bonds is 4. The van der Waals surface area contributed by atoms with Gasteiger partial charge in [-0.3, -0.25) is 9.98 Å². The van der Waals surface area contributed by atoms with E-state index < -0.39 is 0 Å². The lowest BCUT2D eigenvalue weighted by atomic mass is 10.4. The highest BCUT2D eigenvalue weighted by molar-refractivity contribution is 14.1. The number of alkyl halides is 1. The molecule has 1 heterocycles. The standard InChI is InChI=1S/C9H11IN2/c10-5-3-6-11-8-9-4-1-2-7-12-9/h1-2,4,7-8H,3,5-6H2. The van der Waals surface area contributed by atoms with Crippen molar-refractivity contribution in [1.82, 2.24) is 4.98 Å². The first-order chi connectivity index (χ1) is 5.93. The van der Waals surface area contributed by atoms with E-state index in [1.54, 1.807) is 6.20 Å². The summed E-state index contributed by atoms with van der Waals surface area (Å²) in [4.78, 5) is 8.36. The summed E-state index contributed by atoms with van der Waals surface area (Å²) in [6, 6.07) is 5.82. The molecule has 2 nitrogen and oxygen atoms in total. The quantitative estimate of drug-likeness (QED) is 0.358. The molecule has 0 aliphatic heterocycles. The zero-order valence-electron chi connectivity index (χ0n) is 6.78. The number of aliphatic imine (C=N–C) groups is 1. The smallest absolute Gasteiger partial charge is 0.0807 e. The fraction of sp³-hybridized carbons (Fsp3) is 0.333. The molecule has 0 radical (unpaired) electrons. The Kier molecular flexibility index (Phi) is 4.91. The molecule has 0 aliphatic carbocycles. The van der Waals surface area contributed by atoms with Crippen molar-refractivity contribution in [2.24, 2.45) is 4.99 Å². The third kappa shape index (κ3) is 3.80. The van der Waals surface area contributed by atoms with E-state index in [9.17, 15) is 0 Å². The van der Waals surface area contributed by atoms with E-state index in [2.05, 4.69) is 32.6 Å². The minimum absolute atomic E-state index is 0.902. The van der Waals surface area contributed by atoms with Gasteiger partial charge in [-0.05, 0) is 18.6 Å². The van der Waals surface area contributed by atoms with Gasteiger partial charge in [0.15, 0.2) is 0 Å². The van der Waals surface area contributed by atoms with Crippen LogP contribution in [0, 0.1) is 0 Å². The Balaban J connectivity index is 2.36. The van der Waals surface area contributed by atoms with Crippen LogP contribution in [0.3, 0.4) is 0 Å². The second kappa shape index (κ2) is 6.11. The van der Waals surface area contributed by atoms with Crippen molar-refractivity contribution >= 4 is 28.8 Å². The molecule has 0 atom stereocenters. The Morgan fingerprint density at radius 1 is 1.50 bits per heavy atom. The maximum atomic E-state index is 4.24. The monoisotopic (exact) mass is 274 g/mol. The average Bonchev–Trinajstić information content (AvgIpc) is 2.14. The molecule has 0 bridgehead atoms. The van der Waals surface area contributed by atoms with Crippen molar-refractivity contribution in [2.75, 3.05) is 11.0 Å². The molecule has 0 spiro atoms. The molecular weight excluding hydrogens is 263 g/mol. The first-order valence-corrected chi connectivity index (χ1v) is 5.43. The molecule has 0 unspecified atom stereocenters. The summed E-state index contributed by atoms with van der Waals surface area (Å²) in [5.74, 6) is 0. The summed E-state index contributed by atoms with van der Waals surface area (Å²) in [5, 5.41) is 0. The van der Waals surface area contributed by atoms with E-state index >= 15 is 0 Å². The Morgan fingerprint density at radius 3 is 3.08 bits per heavy atom. The largest absolute Gasteiger partial charge is 0.291 e. The van der Waals surface area contributed by atoms with Crippen molar-refractivity contribution in [3.8, 4) is 0 Å². The highest BCUT2D eigenvalue weighted by Gasteiger charge is 1.84.